The molecule has 0 aromatic heterocycles. The Kier molecular flexibility index (Phi) is 2.86. The summed E-state index contributed by atoms with van der Waals surface area (Å²) in [5.74, 6) is 0. The van der Waals surface area contributed by atoms with E-state index < -0.39 is 0 Å². The zero-order valence-corrected chi connectivity index (χ0v) is 11.3. The van der Waals surface area contributed by atoms with Crippen molar-refractivity contribution in [2.75, 3.05) is 11.9 Å². The van der Waals surface area contributed by atoms with Crippen molar-refractivity contribution in [3.63, 3.8) is 0 Å². The molecule has 0 aromatic carbocycles. The Bertz CT molecular complexity index is 331. The predicted octanol–water partition coefficient (Wildman–Crippen LogP) is 2.96. The van der Waals surface area contributed by atoms with E-state index >= 15 is 0 Å². The Morgan fingerprint density at radius 3 is 3.19 bits per heavy atom. The summed E-state index contributed by atoms with van der Waals surface area (Å²) in [5.41, 5.74) is 3.09. The van der Waals surface area contributed by atoms with Gasteiger partial charge in [-0.15, -0.1) is 0 Å². The lowest BCUT2D eigenvalue weighted by Crippen LogP contribution is -2.49. The van der Waals surface area contributed by atoms with Gasteiger partial charge in [-0.05, 0) is 37.3 Å². The molecule has 0 radical (unpaired) electrons. The van der Waals surface area contributed by atoms with E-state index in [1.165, 1.54) is 31.3 Å². The van der Waals surface area contributed by atoms with Crippen molar-refractivity contribution in [1.29, 1.82) is 0 Å². The Balaban J connectivity index is 1.98. The van der Waals surface area contributed by atoms with E-state index in [1.54, 1.807) is 5.57 Å². The summed E-state index contributed by atoms with van der Waals surface area (Å²) in [7, 11) is 0. The van der Waals surface area contributed by atoms with Crippen LogP contribution in [-0.4, -0.2) is 28.8 Å². The average molecular weight is 288 g/mol. The molecule has 0 amide bonds. The number of nitrogens with zero attached hydrogens (tertiary/aromatic N) is 1. The zero-order chi connectivity index (χ0) is 11.2. The summed E-state index contributed by atoms with van der Waals surface area (Å²) >= 11 is 3.52. The van der Waals surface area contributed by atoms with Gasteiger partial charge >= 0.3 is 0 Å². The fraction of sp³-hybridized carbons (Fsp3) is 0.833. The lowest BCUT2D eigenvalue weighted by molar-refractivity contribution is -0.386. The average Bonchev–Trinajstić information content (AvgIpc) is 2.67. The molecule has 16 heavy (non-hydrogen) atoms. The third-order valence-electron chi connectivity index (χ3n) is 4.07. The topological polar surface area (TPSA) is 21.7 Å². The van der Waals surface area contributed by atoms with Crippen molar-refractivity contribution in [2.45, 2.75) is 50.7 Å². The maximum Gasteiger partial charge on any atom is 0.0975 e. The normalized spacial score (nSPS) is 39.8. The van der Waals surface area contributed by atoms with Gasteiger partial charge in [0.1, 0.15) is 0 Å². The van der Waals surface area contributed by atoms with Gasteiger partial charge in [0.15, 0.2) is 0 Å². The summed E-state index contributed by atoms with van der Waals surface area (Å²) in [4.78, 5) is 11.6. The minimum absolute atomic E-state index is 0.0685. The van der Waals surface area contributed by atoms with Gasteiger partial charge < -0.3 is 0 Å². The van der Waals surface area contributed by atoms with Crippen LogP contribution in [0.1, 0.15) is 39.0 Å². The second-order valence-electron chi connectivity index (χ2n) is 5.11. The van der Waals surface area contributed by atoms with Crippen LogP contribution in [0.2, 0.25) is 0 Å². The number of alkyl halides is 1. The van der Waals surface area contributed by atoms with Crippen LogP contribution in [-0.2, 0) is 9.68 Å². The third kappa shape index (κ3) is 1.50. The highest BCUT2D eigenvalue weighted by atomic mass is 79.9. The quantitative estimate of drug-likeness (QED) is 0.547. The Hall–Kier alpha value is 0.1000. The first-order chi connectivity index (χ1) is 7.76. The highest BCUT2D eigenvalue weighted by Gasteiger charge is 2.53. The molecule has 2 heterocycles. The van der Waals surface area contributed by atoms with E-state index in [4.69, 9.17) is 9.68 Å². The summed E-state index contributed by atoms with van der Waals surface area (Å²) < 4.78 is 0. The number of hydrogen-bond acceptors (Lipinski definition) is 3. The van der Waals surface area contributed by atoms with Crippen LogP contribution in [0, 0.1) is 0 Å². The largest absolute Gasteiger partial charge is 0.269 e. The van der Waals surface area contributed by atoms with Crippen LogP contribution in [0.4, 0.5) is 0 Å². The second-order valence-corrected chi connectivity index (χ2v) is 5.76. The van der Waals surface area contributed by atoms with Crippen molar-refractivity contribution in [2.24, 2.45) is 0 Å². The molecule has 90 valence electrons. The van der Waals surface area contributed by atoms with Crippen LogP contribution >= 0.6 is 15.9 Å². The summed E-state index contributed by atoms with van der Waals surface area (Å²) in [6, 6.07) is 0. The van der Waals surface area contributed by atoms with E-state index in [0.29, 0.717) is 6.61 Å². The summed E-state index contributed by atoms with van der Waals surface area (Å²) in [6.07, 6.45) is 6.35. The standard InChI is InChI=1S/C12H18BrNO2/c1-9-8-15-14-12(6-10(7-13)16-14)5-3-2-4-11(9)12/h10H,2-8H2,1H3/t10-,12-/m1/s1. The molecule has 3 rings (SSSR count). The monoisotopic (exact) mass is 287 g/mol. The molecule has 0 aromatic rings. The van der Waals surface area contributed by atoms with Gasteiger partial charge in [0.2, 0.25) is 0 Å². The van der Waals surface area contributed by atoms with Crippen LogP contribution in [0.25, 0.3) is 0 Å². The number of hydrogen-bond donors (Lipinski definition) is 0. The maximum absolute atomic E-state index is 5.85. The van der Waals surface area contributed by atoms with Crippen LogP contribution < -0.4 is 0 Å². The van der Waals surface area contributed by atoms with Crippen LogP contribution in [0.15, 0.2) is 11.1 Å². The highest BCUT2D eigenvalue weighted by Crippen LogP contribution is 2.49. The minimum atomic E-state index is 0.0685. The molecule has 3 aliphatic rings. The van der Waals surface area contributed by atoms with E-state index in [-0.39, 0.29) is 11.6 Å². The van der Waals surface area contributed by atoms with Gasteiger partial charge in [-0.1, -0.05) is 27.6 Å². The molecule has 1 spiro atoms. The van der Waals surface area contributed by atoms with Crippen molar-refractivity contribution in [3.8, 4) is 0 Å². The van der Waals surface area contributed by atoms with Gasteiger partial charge in [0.05, 0.1) is 18.2 Å². The predicted molar refractivity (Wildman–Crippen MR) is 65.0 cm³/mol. The maximum atomic E-state index is 5.85. The highest BCUT2D eigenvalue weighted by molar-refractivity contribution is 9.09. The van der Waals surface area contributed by atoms with Crippen molar-refractivity contribution < 1.29 is 9.68 Å². The van der Waals surface area contributed by atoms with Gasteiger partial charge in [-0.3, -0.25) is 9.68 Å². The zero-order valence-electron chi connectivity index (χ0n) is 9.67. The molecular weight excluding hydrogens is 270 g/mol. The molecule has 4 heteroatoms. The molecule has 0 unspecified atom stereocenters. The fourth-order valence-electron chi connectivity index (χ4n) is 3.34. The van der Waals surface area contributed by atoms with Crippen molar-refractivity contribution >= 4 is 15.9 Å². The molecule has 1 saturated carbocycles. The van der Waals surface area contributed by atoms with Gasteiger partial charge in [0.25, 0.3) is 0 Å². The van der Waals surface area contributed by atoms with E-state index in [1.807, 2.05) is 5.23 Å². The van der Waals surface area contributed by atoms with E-state index in [9.17, 15) is 0 Å². The van der Waals surface area contributed by atoms with Crippen molar-refractivity contribution in [3.05, 3.63) is 11.1 Å². The first kappa shape index (κ1) is 11.2. The van der Waals surface area contributed by atoms with Gasteiger partial charge in [-0.2, -0.15) is 0 Å². The molecule has 2 atom stereocenters. The summed E-state index contributed by atoms with van der Waals surface area (Å²) in [5, 5.41) is 2.71. The molecule has 3 nitrogen and oxygen atoms in total. The third-order valence-corrected chi connectivity index (χ3v) is 4.80. The number of halogens is 1. The Labute approximate surface area is 105 Å². The second kappa shape index (κ2) is 4.09. The first-order valence-electron chi connectivity index (χ1n) is 6.11. The Morgan fingerprint density at radius 2 is 2.38 bits per heavy atom. The number of rotatable bonds is 1. The molecule has 1 aliphatic carbocycles. The van der Waals surface area contributed by atoms with Gasteiger partial charge in [0, 0.05) is 11.8 Å². The molecular formula is C12H18BrNO2. The molecule has 0 bridgehead atoms. The fourth-order valence-corrected chi connectivity index (χ4v) is 3.69. The van der Waals surface area contributed by atoms with E-state index in [0.717, 1.165) is 11.8 Å². The lowest BCUT2D eigenvalue weighted by Gasteiger charge is -2.44. The van der Waals surface area contributed by atoms with Crippen LogP contribution in [0.3, 0.4) is 0 Å². The lowest BCUT2D eigenvalue weighted by atomic mass is 9.73. The molecule has 2 aliphatic heterocycles. The SMILES string of the molecule is CC1=C2CCCC[C@@]23C[C@H](CBr)ON3OC1. The first-order valence-corrected chi connectivity index (χ1v) is 7.23. The minimum Gasteiger partial charge on any atom is -0.269 e. The van der Waals surface area contributed by atoms with Crippen molar-refractivity contribution in [1.82, 2.24) is 5.23 Å². The molecule has 0 N–H and O–H groups in total. The van der Waals surface area contributed by atoms with Gasteiger partial charge in [-0.25, -0.2) is 0 Å². The molecule has 2 fully saturated rings. The smallest absolute Gasteiger partial charge is 0.0975 e. The Morgan fingerprint density at radius 1 is 1.50 bits per heavy atom. The molecule has 1 saturated heterocycles. The number of hydroxylamine groups is 2. The van der Waals surface area contributed by atoms with E-state index in [2.05, 4.69) is 22.9 Å². The van der Waals surface area contributed by atoms with Crippen LogP contribution in [0.5, 0.6) is 0 Å². The summed E-state index contributed by atoms with van der Waals surface area (Å²) in [6.45, 7) is 2.91.